The summed E-state index contributed by atoms with van der Waals surface area (Å²) in [6, 6.07) is 0. The van der Waals surface area contributed by atoms with E-state index in [0.717, 1.165) is 13.2 Å². The number of ether oxygens (including phenoxy) is 1. The molecule has 1 saturated heterocycles. The molecular formula is C9H17NO. The second-order valence-electron chi connectivity index (χ2n) is 2.92. The highest BCUT2D eigenvalue weighted by Crippen LogP contribution is 2.11. The lowest BCUT2D eigenvalue weighted by atomic mass is 10.1. The van der Waals surface area contributed by atoms with Crippen molar-refractivity contribution in [2.45, 2.75) is 19.3 Å². The molecule has 11 heavy (non-hydrogen) atoms. The Labute approximate surface area is 68.6 Å². The predicted octanol–water partition coefficient (Wildman–Crippen LogP) is 1.33. The molecule has 0 unspecified atom stereocenters. The first kappa shape index (κ1) is 8.75. The molecule has 2 nitrogen and oxygen atoms in total. The lowest BCUT2D eigenvalue weighted by Gasteiger charge is -2.00. The highest BCUT2D eigenvalue weighted by molar-refractivity contribution is 5.03. The van der Waals surface area contributed by atoms with Gasteiger partial charge in [-0.25, -0.2) is 0 Å². The lowest BCUT2D eigenvalue weighted by molar-refractivity contribution is 0.233. The van der Waals surface area contributed by atoms with Gasteiger partial charge in [-0.05, 0) is 32.4 Å². The maximum Gasteiger partial charge on any atom is 0.0646 e. The fourth-order valence-electron chi connectivity index (χ4n) is 1.34. The van der Waals surface area contributed by atoms with E-state index in [-0.39, 0.29) is 0 Å². The van der Waals surface area contributed by atoms with Crippen molar-refractivity contribution in [1.29, 1.82) is 0 Å². The van der Waals surface area contributed by atoms with Crippen LogP contribution in [0.4, 0.5) is 0 Å². The van der Waals surface area contributed by atoms with Gasteiger partial charge in [-0.3, -0.25) is 0 Å². The molecule has 0 amide bonds. The van der Waals surface area contributed by atoms with Gasteiger partial charge in [0.15, 0.2) is 0 Å². The van der Waals surface area contributed by atoms with E-state index in [9.17, 15) is 0 Å². The third-order valence-electron chi connectivity index (χ3n) is 2.01. The molecule has 0 spiro atoms. The summed E-state index contributed by atoms with van der Waals surface area (Å²) < 4.78 is 4.99. The maximum atomic E-state index is 4.99. The van der Waals surface area contributed by atoms with Crippen LogP contribution >= 0.6 is 0 Å². The Hall–Kier alpha value is -0.340. The van der Waals surface area contributed by atoms with Gasteiger partial charge in [0.05, 0.1) is 6.61 Å². The molecule has 1 fully saturated rings. The Bertz CT molecular complexity index is 122. The summed E-state index contributed by atoms with van der Waals surface area (Å²) in [7, 11) is 1.74. The zero-order valence-corrected chi connectivity index (χ0v) is 7.23. The Morgan fingerprint density at radius 2 is 2.36 bits per heavy atom. The molecule has 1 rings (SSSR count). The summed E-state index contributed by atoms with van der Waals surface area (Å²) >= 11 is 0. The summed E-state index contributed by atoms with van der Waals surface area (Å²) in [5.74, 6) is 0. The Morgan fingerprint density at radius 1 is 1.45 bits per heavy atom. The van der Waals surface area contributed by atoms with Crippen molar-refractivity contribution in [3.63, 3.8) is 0 Å². The molecule has 1 N–H and O–H groups in total. The minimum atomic E-state index is 0.773. The zero-order valence-electron chi connectivity index (χ0n) is 7.23. The van der Waals surface area contributed by atoms with Gasteiger partial charge >= 0.3 is 0 Å². The van der Waals surface area contributed by atoms with Crippen LogP contribution in [-0.2, 0) is 4.74 Å². The molecule has 1 aliphatic rings. The molecule has 0 radical (unpaired) electrons. The molecule has 2 heteroatoms. The van der Waals surface area contributed by atoms with Gasteiger partial charge in [-0.1, -0.05) is 11.6 Å². The molecule has 0 aromatic carbocycles. The third kappa shape index (κ3) is 3.54. The van der Waals surface area contributed by atoms with Crippen molar-refractivity contribution in [3.05, 3.63) is 11.6 Å². The lowest BCUT2D eigenvalue weighted by Crippen LogP contribution is -2.13. The fourth-order valence-corrected chi connectivity index (χ4v) is 1.34. The van der Waals surface area contributed by atoms with E-state index in [4.69, 9.17) is 4.74 Å². The van der Waals surface area contributed by atoms with Crippen LogP contribution in [0.15, 0.2) is 11.6 Å². The molecule has 0 bridgehead atoms. The van der Waals surface area contributed by atoms with Gasteiger partial charge in [0.1, 0.15) is 0 Å². The van der Waals surface area contributed by atoms with Gasteiger partial charge in [-0.15, -0.1) is 0 Å². The first-order chi connectivity index (χ1) is 5.43. The number of nitrogens with one attached hydrogen (secondary N) is 1. The summed E-state index contributed by atoms with van der Waals surface area (Å²) in [5.41, 5.74) is 1.55. The second-order valence-corrected chi connectivity index (χ2v) is 2.92. The van der Waals surface area contributed by atoms with Crippen LogP contribution in [0.1, 0.15) is 19.3 Å². The largest absolute Gasteiger partial charge is 0.381 e. The summed E-state index contributed by atoms with van der Waals surface area (Å²) in [6.45, 7) is 3.08. The molecule has 64 valence electrons. The maximum absolute atomic E-state index is 4.99. The number of hydrogen-bond donors (Lipinski definition) is 1. The van der Waals surface area contributed by atoms with Crippen molar-refractivity contribution in [2.24, 2.45) is 0 Å². The van der Waals surface area contributed by atoms with Crippen LogP contribution in [0, 0.1) is 0 Å². The van der Waals surface area contributed by atoms with Crippen LogP contribution in [0.3, 0.4) is 0 Å². The van der Waals surface area contributed by atoms with E-state index >= 15 is 0 Å². The molecule has 1 aliphatic heterocycles. The quantitative estimate of drug-likeness (QED) is 0.607. The minimum Gasteiger partial charge on any atom is -0.381 e. The number of hydrogen-bond acceptors (Lipinski definition) is 2. The first-order valence-corrected chi connectivity index (χ1v) is 4.31. The van der Waals surface area contributed by atoms with Crippen molar-refractivity contribution in [3.8, 4) is 0 Å². The molecule has 1 heterocycles. The van der Waals surface area contributed by atoms with E-state index in [0.29, 0.717) is 0 Å². The fraction of sp³-hybridized carbons (Fsp3) is 0.778. The van der Waals surface area contributed by atoms with E-state index in [2.05, 4.69) is 11.4 Å². The minimum absolute atomic E-state index is 0.773. The smallest absolute Gasteiger partial charge is 0.0646 e. The predicted molar refractivity (Wildman–Crippen MR) is 46.7 cm³/mol. The van der Waals surface area contributed by atoms with E-state index < -0.39 is 0 Å². The Balaban J connectivity index is 2.29. The highest BCUT2D eigenvalue weighted by atomic mass is 16.5. The van der Waals surface area contributed by atoms with Crippen LogP contribution < -0.4 is 5.32 Å². The molecule has 0 aromatic heterocycles. The molecular weight excluding hydrogens is 138 g/mol. The van der Waals surface area contributed by atoms with Crippen molar-refractivity contribution >= 4 is 0 Å². The zero-order chi connectivity index (χ0) is 7.94. The van der Waals surface area contributed by atoms with Gasteiger partial charge in [-0.2, -0.15) is 0 Å². The topological polar surface area (TPSA) is 21.3 Å². The normalized spacial score (nSPS) is 23.5. The Morgan fingerprint density at radius 3 is 3.18 bits per heavy atom. The molecule has 0 aromatic rings. The first-order valence-electron chi connectivity index (χ1n) is 4.31. The average molecular weight is 155 g/mol. The summed E-state index contributed by atoms with van der Waals surface area (Å²) in [6.07, 6.45) is 5.93. The van der Waals surface area contributed by atoms with Gasteiger partial charge in [0.25, 0.3) is 0 Å². The second kappa shape index (κ2) is 5.33. The Kier molecular flexibility index (Phi) is 4.24. The third-order valence-corrected chi connectivity index (χ3v) is 2.01. The SMILES string of the molecule is COC/C=C1/CCCNCC1. The van der Waals surface area contributed by atoms with Gasteiger partial charge in [0.2, 0.25) is 0 Å². The molecule has 0 aliphatic carbocycles. The van der Waals surface area contributed by atoms with Crippen LogP contribution in [0.2, 0.25) is 0 Å². The van der Waals surface area contributed by atoms with E-state index in [1.54, 1.807) is 12.7 Å². The van der Waals surface area contributed by atoms with E-state index in [1.807, 2.05) is 0 Å². The molecule has 0 atom stereocenters. The average Bonchev–Trinajstić information content (AvgIpc) is 2.28. The van der Waals surface area contributed by atoms with Crippen molar-refractivity contribution in [1.82, 2.24) is 5.32 Å². The summed E-state index contributed by atoms with van der Waals surface area (Å²) in [4.78, 5) is 0. The standard InChI is InChI=1S/C9H17NO/c1-11-8-5-9-3-2-6-10-7-4-9/h5,10H,2-4,6-8H2,1H3/b9-5-. The number of methoxy groups -OCH3 is 1. The van der Waals surface area contributed by atoms with Crippen LogP contribution in [0.25, 0.3) is 0 Å². The monoisotopic (exact) mass is 155 g/mol. The van der Waals surface area contributed by atoms with Gasteiger partial charge < -0.3 is 10.1 Å². The number of rotatable bonds is 2. The van der Waals surface area contributed by atoms with Crippen LogP contribution in [-0.4, -0.2) is 26.8 Å². The van der Waals surface area contributed by atoms with Crippen molar-refractivity contribution in [2.75, 3.05) is 26.8 Å². The van der Waals surface area contributed by atoms with Crippen LogP contribution in [0.5, 0.6) is 0 Å². The summed E-state index contributed by atoms with van der Waals surface area (Å²) in [5, 5.41) is 3.37. The van der Waals surface area contributed by atoms with Gasteiger partial charge in [0, 0.05) is 7.11 Å². The van der Waals surface area contributed by atoms with Crippen molar-refractivity contribution < 1.29 is 4.74 Å². The molecule has 0 saturated carbocycles. The van der Waals surface area contributed by atoms with E-state index in [1.165, 1.54) is 25.8 Å². The highest BCUT2D eigenvalue weighted by Gasteiger charge is 2.01.